The fourth-order valence-electron chi connectivity index (χ4n) is 2.40. The van der Waals surface area contributed by atoms with Crippen LogP contribution in [-0.2, 0) is 0 Å². The molecular weight excluding hydrogens is 279 g/mol. The van der Waals surface area contributed by atoms with E-state index in [0.29, 0.717) is 5.92 Å². The number of para-hydroxylation sites is 2. The lowest BCUT2D eigenvalue weighted by Gasteiger charge is -2.24. The van der Waals surface area contributed by atoms with Gasteiger partial charge >= 0.3 is 0 Å². The third-order valence-electron chi connectivity index (χ3n) is 3.30. The van der Waals surface area contributed by atoms with Crippen LogP contribution in [0.15, 0.2) is 48.5 Å². The molecule has 2 aromatic carbocycles. The van der Waals surface area contributed by atoms with Crippen molar-refractivity contribution in [1.82, 2.24) is 0 Å². The molecule has 0 saturated carbocycles. The average molecular weight is 302 g/mol. The van der Waals surface area contributed by atoms with E-state index in [-0.39, 0.29) is 0 Å². The van der Waals surface area contributed by atoms with E-state index in [1.165, 1.54) is 10.6 Å². The molecule has 2 rings (SSSR count). The summed E-state index contributed by atoms with van der Waals surface area (Å²) in [7, 11) is 2.99. The SMILES string of the molecule is COc1ccccc1P(CC(C)C)c1ccccc1OC. The molecule has 21 heavy (non-hydrogen) atoms. The Balaban J connectivity index is 2.52. The molecule has 2 aromatic rings. The maximum absolute atomic E-state index is 5.58. The van der Waals surface area contributed by atoms with Gasteiger partial charge in [-0.2, -0.15) is 0 Å². The van der Waals surface area contributed by atoms with Gasteiger partial charge in [-0.25, -0.2) is 0 Å². The van der Waals surface area contributed by atoms with Crippen LogP contribution in [-0.4, -0.2) is 20.4 Å². The number of methoxy groups -OCH3 is 2. The molecule has 0 N–H and O–H groups in total. The largest absolute Gasteiger partial charge is 0.496 e. The minimum atomic E-state index is -0.494. The Morgan fingerprint density at radius 1 is 0.810 bits per heavy atom. The second-order valence-corrected chi connectivity index (χ2v) is 7.53. The lowest BCUT2D eigenvalue weighted by atomic mass is 10.3. The molecule has 0 radical (unpaired) electrons. The lowest BCUT2D eigenvalue weighted by Crippen LogP contribution is -2.19. The summed E-state index contributed by atoms with van der Waals surface area (Å²) in [6, 6.07) is 16.7. The molecule has 0 bridgehead atoms. The molecule has 2 nitrogen and oxygen atoms in total. The average Bonchev–Trinajstić information content (AvgIpc) is 2.52. The Bertz CT molecular complexity index is 533. The molecule has 0 aliphatic rings. The summed E-state index contributed by atoms with van der Waals surface area (Å²) in [5, 5.41) is 2.57. The van der Waals surface area contributed by atoms with Gasteiger partial charge in [0, 0.05) is 10.6 Å². The summed E-state index contributed by atoms with van der Waals surface area (Å²) >= 11 is 0. The molecule has 0 aliphatic carbocycles. The Kier molecular flexibility index (Phi) is 5.64. The van der Waals surface area contributed by atoms with Gasteiger partial charge in [-0.1, -0.05) is 50.2 Å². The second kappa shape index (κ2) is 7.47. The van der Waals surface area contributed by atoms with E-state index >= 15 is 0 Å². The fourth-order valence-corrected chi connectivity index (χ4v) is 5.18. The predicted octanol–water partition coefficient (Wildman–Crippen LogP) is 3.79. The molecule has 0 fully saturated rings. The first-order valence-electron chi connectivity index (χ1n) is 7.21. The van der Waals surface area contributed by atoms with Crippen LogP contribution in [0, 0.1) is 5.92 Å². The van der Waals surface area contributed by atoms with Gasteiger partial charge in [0.15, 0.2) is 0 Å². The minimum absolute atomic E-state index is 0.494. The smallest absolute Gasteiger partial charge is 0.126 e. The van der Waals surface area contributed by atoms with E-state index in [2.05, 4.69) is 38.1 Å². The van der Waals surface area contributed by atoms with Crippen LogP contribution in [0.2, 0.25) is 0 Å². The lowest BCUT2D eigenvalue weighted by molar-refractivity contribution is 0.417. The van der Waals surface area contributed by atoms with Crippen LogP contribution in [0.3, 0.4) is 0 Å². The van der Waals surface area contributed by atoms with E-state index in [1.54, 1.807) is 14.2 Å². The highest BCUT2D eigenvalue weighted by Gasteiger charge is 2.21. The molecule has 0 aromatic heterocycles. The number of benzene rings is 2. The highest BCUT2D eigenvalue weighted by Crippen LogP contribution is 2.41. The molecule has 0 atom stereocenters. The first-order valence-corrected chi connectivity index (χ1v) is 8.73. The van der Waals surface area contributed by atoms with Gasteiger partial charge in [0.25, 0.3) is 0 Å². The van der Waals surface area contributed by atoms with Crippen molar-refractivity contribution in [3.05, 3.63) is 48.5 Å². The molecular formula is C18H23O2P. The minimum Gasteiger partial charge on any atom is -0.496 e. The molecule has 0 heterocycles. The third-order valence-corrected chi connectivity index (χ3v) is 6.30. The normalized spacial score (nSPS) is 11.0. The quantitative estimate of drug-likeness (QED) is 0.756. The van der Waals surface area contributed by atoms with Crippen LogP contribution >= 0.6 is 7.92 Å². The Morgan fingerprint density at radius 2 is 1.24 bits per heavy atom. The first-order chi connectivity index (χ1) is 10.2. The predicted molar refractivity (Wildman–Crippen MR) is 91.9 cm³/mol. The van der Waals surface area contributed by atoms with E-state index in [0.717, 1.165) is 17.7 Å². The maximum atomic E-state index is 5.58. The maximum Gasteiger partial charge on any atom is 0.126 e. The van der Waals surface area contributed by atoms with Gasteiger partial charge in [0.2, 0.25) is 0 Å². The van der Waals surface area contributed by atoms with Crippen LogP contribution in [0.5, 0.6) is 11.5 Å². The Hall–Kier alpha value is -1.53. The van der Waals surface area contributed by atoms with Crippen molar-refractivity contribution in [2.75, 3.05) is 20.4 Å². The number of ether oxygens (including phenoxy) is 2. The van der Waals surface area contributed by atoms with Gasteiger partial charge in [0.05, 0.1) is 14.2 Å². The molecule has 3 heteroatoms. The molecule has 0 saturated heterocycles. The third kappa shape index (κ3) is 3.77. The zero-order chi connectivity index (χ0) is 15.2. The van der Waals surface area contributed by atoms with Gasteiger partial charge in [0.1, 0.15) is 11.5 Å². The van der Waals surface area contributed by atoms with Crippen LogP contribution in [0.25, 0.3) is 0 Å². The molecule has 0 amide bonds. The van der Waals surface area contributed by atoms with Crippen LogP contribution < -0.4 is 20.1 Å². The topological polar surface area (TPSA) is 18.5 Å². The monoisotopic (exact) mass is 302 g/mol. The number of rotatable bonds is 6. The molecule has 0 unspecified atom stereocenters. The Labute approximate surface area is 128 Å². The standard InChI is InChI=1S/C18H23O2P/c1-14(2)13-21(17-11-7-5-9-15(17)19-3)18-12-8-6-10-16(18)20-4/h5-12,14H,13H2,1-4H3. The van der Waals surface area contributed by atoms with E-state index < -0.39 is 7.92 Å². The van der Waals surface area contributed by atoms with Crippen molar-refractivity contribution >= 4 is 18.5 Å². The summed E-state index contributed by atoms with van der Waals surface area (Å²) in [5.74, 6) is 2.55. The van der Waals surface area contributed by atoms with Crippen molar-refractivity contribution in [3.63, 3.8) is 0 Å². The summed E-state index contributed by atoms with van der Waals surface area (Å²) in [6.07, 6.45) is 1.12. The van der Waals surface area contributed by atoms with E-state index in [1.807, 2.05) is 24.3 Å². The zero-order valence-electron chi connectivity index (χ0n) is 13.2. The first kappa shape index (κ1) is 15.9. The van der Waals surface area contributed by atoms with Crippen molar-refractivity contribution in [1.29, 1.82) is 0 Å². The summed E-state index contributed by atoms with van der Waals surface area (Å²) in [5.41, 5.74) is 0. The Morgan fingerprint density at radius 3 is 1.62 bits per heavy atom. The number of hydrogen-bond acceptors (Lipinski definition) is 2. The van der Waals surface area contributed by atoms with Gasteiger partial charge in [-0.15, -0.1) is 0 Å². The molecule has 112 valence electrons. The van der Waals surface area contributed by atoms with E-state index in [4.69, 9.17) is 9.47 Å². The summed E-state index contributed by atoms with van der Waals surface area (Å²) < 4.78 is 11.2. The highest BCUT2D eigenvalue weighted by atomic mass is 31.1. The van der Waals surface area contributed by atoms with Crippen molar-refractivity contribution in [2.45, 2.75) is 13.8 Å². The molecule has 0 spiro atoms. The van der Waals surface area contributed by atoms with Crippen molar-refractivity contribution in [3.8, 4) is 11.5 Å². The summed E-state index contributed by atoms with van der Waals surface area (Å²) in [4.78, 5) is 0. The fraction of sp³-hybridized carbons (Fsp3) is 0.333. The molecule has 0 aliphatic heterocycles. The van der Waals surface area contributed by atoms with E-state index in [9.17, 15) is 0 Å². The van der Waals surface area contributed by atoms with Crippen molar-refractivity contribution in [2.24, 2.45) is 5.92 Å². The van der Waals surface area contributed by atoms with Gasteiger partial charge in [-0.05, 0) is 32.1 Å². The highest BCUT2D eigenvalue weighted by molar-refractivity contribution is 7.73. The summed E-state index contributed by atoms with van der Waals surface area (Å²) in [6.45, 7) is 4.53. The van der Waals surface area contributed by atoms with Gasteiger partial charge in [-0.3, -0.25) is 0 Å². The zero-order valence-corrected chi connectivity index (χ0v) is 14.1. The van der Waals surface area contributed by atoms with Crippen LogP contribution in [0.4, 0.5) is 0 Å². The number of hydrogen-bond donors (Lipinski definition) is 0. The second-order valence-electron chi connectivity index (χ2n) is 5.35. The van der Waals surface area contributed by atoms with Crippen molar-refractivity contribution < 1.29 is 9.47 Å². The van der Waals surface area contributed by atoms with Crippen LogP contribution in [0.1, 0.15) is 13.8 Å². The van der Waals surface area contributed by atoms with Gasteiger partial charge < -0.3 is 9.47 Å².